The lowest BCUT2D eigenvalue weighted by molar-refractivity contribution is -0.143. The molecule has 1 saturated carbocycles. The summed E-state index contributed by atoms with van der Waals surface area (Å²) < 4.78 is 15.9. The first kappa shape index (κ1) is 15.0. The molecule has 1 fully saturated rings. The van der Waals surface area contributed by atoms with E-state index in [1.54, 1.807) is 13.0 Å². The summed E-state index contributed by atoms with van der Waals surface area (Å²) in [6.45, 7) is 4.78. The molecule has 1 N–H and O–H groups in total. The molecule has 3 rings (SSSR count). The highest BCUT2D eigenvalue weighted by Gasteiger charge is 2.36. The van der Waals surface area contributed by atoms with Gasteiger partial charge in [0.2, 0.25) is 0 Å². The summed E-state index contributed by atoms with van der Waals surface area (Å²) in [4.78, 5) is 17.7. The molecule has 0 bridgehead atoms. The van der Waals surface area contributed by atoms with Crippen molar-refractivity contribution in [3.63, 3.8) is 0 Å². The first-order valence-electron chi connectivity index (χ1n) is 7.65. The molecule has 1 atom stereocenters. The normalized spacial score (nSPS) is 16.4. The number of imidazole rings is 1. The molecule has 1 unspecified atom stereocenters. The zero-order valence-corrected chi connectivity index (χ0v) is 12.8. The number of aromatic nitrogens is 2. The first-order chi connectivity index (χ1) is 10.5. The molecule has 0 aliphatic heterocycles. The van der Waals surface area contributed by atoms with E-state index in [-0.39, 0.29) is 5.82 Å². The van der Waals surface area contributed by atoms with Crippen LogP contribution in [0.15, 0.2) is 18.2 Å². The molecule has 22 heavy (non-hydrogen) atoms. The van der Waals surface area contributed by atoms with Gasteiger partial charge in [0.15, 0.2) is 5.82 Å². The molecule has 1 aliphatic rings. The van der Waals surface area contributed by atoms with E-state index in [0.29, 0.717) is 24.6 Å². The Morgan fingerprint density at radius 3 is 2.86 bits per heavy atom. The highest BCUT2D eigenvalue weighted by Crippen LogP contribution is 2.31. The number of benzene rings is 1. The fourth-order valence-corrected chi connectivity index (χ4v) is 2.93. The zero-order chi connectivity index (χ0) is 15.9. The molecule has 6 heteroatoms. The van der Waals surface area contributed by atoms with E-state index in [4.69, 9.17) is 0 Å². The monoisotopic (exact) mass is 305 g/mol. The van der Waals surface area contributed by atoms with Crippen LogP contribution in [0.1, 0.15) is 32.5 Å². The van der Waals surface area contributed by atoms with E-state index >= 15 is 0 Å². The van der Waals surface area contributed by atoms with Crippen molar-refractivity contribution < 1.29 is 14.3 Å². The van der Waals surface area contributed by atoms with Crippen molar-refractivity contribution >= 4 is 17.0 Å². The van der Waals surface area contributed by atoms with Gasteiger partial charge in [0, 0.05) is 12.6 Å². The number of halogens is 1. The lowest BCUT2D eigenvalue weighted by atomic mass is 10.2. The van der Waals surface area contributed by atoms with Crippen molar-refractivity contribution in [2.24, 2.45) is 0 Å². The lowest BCUT2D eigenvalue weighted by Gasteiger charge is -2.25. The summed E-state index contributed by atoms with van der Waals surface area (Å²) in [6, 6.07) is 4.65. The van der Waals surface area contributed by atoms with Crippen LogP contribution in [-0.2, 0) is 17.9 Å². The van der Waals surface area contributed by atoms with Gasteiger partial charge in [-0.1, -0.05) is 6.07 Å². The quantitative estimate of drug-likeness (QED) is 0.891. The lowest BCUT2D eigenvalue weighted by Crippen LogP contribution is -2.40. The van der Waals surface area contributed by atoms with E-state index in [0.717, 1.165) is 24.2 Å². The number of aryl methyl sites for hydroxylation is 1. The fourth-order valence-electron chi connectivity index (χ4n) is 2.93. The molecule has 118 valence electrons. The van der Waals surface area contributed by atoms with E-state index < -0.39 is 12.0 Å². The number of aliphatic carboxylic acids is 1. The van der Waals surface area contributed by atoms with Crippen LogP contribution >= 0.6 is 0 Å². The van der Waals surface area contributed by atoms with E-state index in [9.17, 15) is 14.3 Å². The van der Waals surface area contributed by atoms with Crippen LogP contribution in [-0.4, -0.2) is 37.6 Å². The topological polar surface area (TPSA) is 58.4 Å². The Balaban J connectivity index is 1.98. The maximum atomic E-state index is 13.9. The van der Waals surface area contributed by atoms with Gasteiger partial charge in [-0.25, -0.2) is 9.37 Å². The summed E-state index contributed by atoms with van der Waals surface area (Å²) in [6.07, 6.45) is 2.02. The molecule has 1 heterocycles. The van der Waals surface area contributed by atoms with Gasteiger partial charge in [-0.2, -0.15) is 0 Å². The van der Waals surface area contributed by atoms with Gasteiger partial charge in [0.1, 0.15) is 17.4 Å². The van der Waals surface area contributed by atoms with Crippen LogP contribution in [0.4, 0.5) is 4.39 Å². The second-order valence-corrected chi connectivity index (χ2v) is 5.80. The third-order valence-corrected chi connectivity index (χ3v) is 4.32. The molecule has 0 radical (unpaired) electrons. The van der Waals surface area contributed by atoms with Crippen molar-refractivity contribution in [2.75, 3.05) is 0 Å². The van der Waals surface area contributed by atoms with E-state index in [1.807, 2.05) is 22.5 Å². The second-order valence-electron chi connectivity index (χ2n) is 5.80. The average molecular weight is 305 g/mol. The van der Waals surface area contributed by atoms with Crippen LogP contribution in [0, 0.1) is 5.82 Å². The molecule has 1 aliphatic carbocycles. The van der Waals surface area contributed by atoms with Crippen molar-refractivity contribution in [1.29, 1.82) is 0 Å². The van der Waals surface area contributed by atoms with Gasteiger partial charge in [-0.15, -0.1) is 0 Å². The average Bonchev–Trinajstić information content (AvgIpc) is 3.26. The molecular weight excluding hydrogens is 285 g/mol. The molecule has 2 aromatic rings. The number of carboxylic acids is 1. The van der Waals surface area contributed by atoms with Crippen LogP contribution < -0.4 is 0 Å². The zero-order valence-electron chi connectivity index (χ0n) is 12.8. The van der Waals surface area contributed by atoms with Gasteiger partial charge in [-0.3, -0.25) is 9.69 Å². The van der Waals surface area contributed by atoms with Gasteiger partial charge >= 0.3 is 5.97 Å². The smallest absolute Gasteiger partial charge is 0.320 e. The predicted octanol–water partition coefficient (Wildman–Crippen LogP) is 2.63. The number of rotatable bonds is 6. The molecule has 1 aromatic heterocycles. The highest BCUT2D eigenvalue weighted by molar-refractivity contribution is 5.76. The SMILES string of the molecule is CCn1c(CN(C2CC2)C(C)C(=O)O)nc2c(F)cccc21. The molecule has 0 spiro atoms. The summed E-state index contributed by atoms with van der Waals surface area (Å²) in [5.41, 5.74) is 1.12. The van der Waals surface area contributed by atoms with Crippen molar-refractivity contribution in [1.82, 2.24) is 14.5 Å². The van der Waals surface area contributed by atoms with Crippen molar-refractivity contribution in [3.8, 4) is 0 Å². The molecule has 0 amide bonds. The minimum absolute atomic E-state index is 0.293. The number of carbonyl (C=O) groups is 1. The molecular formula is C16H20FN3O2. The third kappa shape index (κ3) is 2.59. The fraction of sp³-hybridized carbons (Fsp3) is 0.500. The van der Waals surface area contributed by atoms with Gasteiger partial charge in [0.05, 0.1) is 12.1 Å². The van der Waals surface area contributed by atoms with Gasteiger partial charge in [-0.05, 0) is 38.8 Å². The number of para-hydroxylation sites is 1. The Kier molecular flexibility index (Phi) is 3.87. The summed E-state index contributed by atoms with van der Waals surface area (Å²) in [5, 5.41) is 9.29. The first-order valence-corrected chi connectivity index (χ1v) is 7.65. The van der Waals surface area contributed by atoms with Gasteiger partial charge in [0.25, 0.3) is 0 Å². The standard InChI is InChI=1S/C16H20FN3O2/c1-3-19-13-6-4-5-12(17)15(13)18-14(19)9-20(11-7-8-11)10(2)16(21)22/h4-6,10-11H,3,7-9H2,1-2H3,(H,21,22). The Hall–Kier alpha value is -1.95. The number of carboxylic acid groups (broad SMARTS) is 1. The number of fused-ring (bicyclic) bond motifs is 1. The largest absolute Gasteiger partial charge is 0.480 e. The summed E-state index contributed by atoms with van der Waals surface area (Å²) in [5.74, 6) is -0.449. The third-order valence-electron chi connectivity index (χ3n) is 4.32. The molecule has 1 aromatic carbocycles. The number of nitrogens with zero attached hydrogens (tertiary/aromatic N) is 3. The maximum Gasteiger partial charge on any atom is 0.320 e. The summed E-state index contributed by atoms with van der Waals surface area (Å²) in [7, 11) is 0. The molecule has 0 saturated heterocycles. The minimum Gasteiger partial charge on any atom is -0.480 e. The van der Waals surface area contributed by atoms with Crippen molar-refractivity contribution in [2.45, 2.75) is 51.9 Å². The van der Waals surface area contributed by atoms with E-state index in [1.165, 1.54) is 6.07 Å². The van der Waals surface area contributed by atoms with Crippen LogP contribution in [0.3, 0.4) is 0 Å². The Bertz CT molecular complexity index is 709. The Morgan fingerprint density at radius 2 is 2.27 bits per heavy atom. The molecule has 5 nitrogen and oxygen atoms in total. The second kappa shape index (κ2) is 5.68. The Labute approximate surface area is 128 Å². The predicted molar refractivity (Wildman–Crippen MR) is 81.0 cm³/mol. The van der Waals surface area contributed by atoms with E-state index in [2.05, 4.69) is 4.98 Å². The minimum atomic E-state index is -0.836. The Morgan fingerprint density at radius 1 is 1.55 bits per heavy atom. The maximum absolute atomic E-state index is 13.9. The summed E-state index contributed by atoms with van der Waals surface area (Å²) >= 11 is 0. The number of hydrogen-bond acceptors (Lipinski definition) is 3. The van der Waals surface area contributed by atoms with Gasteiger partial charge < -0.3 is 9.67 Å². The van der Waals surface area contributed by atoms with Crippen molar-refractivity contribution in [3.05, 3.63) is 29.8 Å². The van der Waals surface area contributed by atoms with Crippen LogP contribution in [0.5, 0.6) is 0 Å². The van der Waals surface area contributed by atoms with Crippen LogP contribution in [0.2, 0.25) is 0 Å². The number of hydrogen-bond donors (Lipinski definition) is 1. The highest BCUT2D eigenvalue weighted by atomic mass is 19.1. The van der Waals surface area contributed by atoms with Crippen LogP contribution in [0.25, 0.3) is 11.0 Å².